The van der Waals surface area contributed by atoms with E-state index < -0.39 is 0 Å². The Morgan fingerprint density at radius 2 is 2.18 bits per heavy atom. The van der Waals surface area contributed by atoms with E-state index in [1.54, 1.807) is 16.5 Å². The summed E-state index contributed by atoms with van der Waals surface area (Å²) in [6.45, 7) is 4.54. The van der Waals surface area contributed by atoms with E-state index in [1.807, 2.05) is 0 Å². The molecule has 0 saturated carbocycles. The smallest absolute Gasteiger partial charge is 0.00680 e. The fourth-order valence-corrected chi connectivity index (χ4v) is 4.33. The highest BCUT2D eigenvalue weighted by Gasteiger charge is 2.23. The number of fused-ring (bicyclic) bond motifs is 1. The van der Waals surface area contributed by atoms with Crippen molar-refractivity contribution in [3.63, 3.8) is 0 Å². The second-order valence-corrected chi connectivity index (χ2v) is 5.51. The van der Waals surface area contributed by atoms with Crippen LogP contribution in [0.4, 0.5) is 0 Å². The molecule has 0 aliphatic carbocycles. The van der Waals surface area contributed by atoms with Crippen molar-refractivity contribution < 1.29 is 0 Å². The largest absolute Gasteiger partial charge is 0.0799 e. The minimum Gasteiger partial charge on any atom is -0.0799 e. The normalized spacial score (nSPS) is 28.9. The molecule has 0 aromatic carbocycles. The molecule has 2 heterocycles. The van der Waals surface area contributed by atoms with Gasteiger partial charge in [-0.3, -0.25) is 0 Å². The van der Waals surface area contributed by atoms with Crippen LogP contribution in [0.25, 0.3) is 0 Å². The SMILES string of the molecule is CC1=C(C)C2=CC=CCP2C1. The quantitative estimate of drug-likeness (QED) is 0.482. The third-order valence-electron chi connectivity index (χ3n) is 2.51. The van der Waals surface area contributed by atoms with Crippen LogP contribution in [0.3, 0.4) is 0 Å². The van der Waals surface area contributed by atoms with Crippen molar-refractivity contribution in [2.45, 2.75) is 13.8 Å². The van der Waals surface area contributed by atoms with E-state index in [9.17, 15) is 0 Å². The predicted molar refractivity (Wildman–Crippen MR) is 52.3 cm³/mol. The lowest BCUT2D eigenvalue weighted by Crippen LogP contribution is -1.87. The third-order valence-corrected chi connectivity index (χ3v) is 5.18. The summed E-state index contributed by atoms with van der Waals surface area (Å²) in [5, 5.41) is 1.65. The van der Waals surface area contributed by atoms with E-state index in [1.165, 1.54) is 12.3 Å². The molecule has 0 N–H and O–H groups in total. The van der Waals surface area contributed by atoms with Crippen LogP contribution >= 0.6 is 7.92 Å². The minimum atomic E-state index is 0.202. The topological polar surface area (TPSA) is 0 Å². The Balaban J connectivity index is 2.39. The van der Waals surface area contributed by atoms with Gasteiger partial charge in [-0.25, -0.2) is 0 Å². The van der Waals surface area contributed by atoms with Gasteiger partial charge < -0.3 is 0 Å². The summed E-state index contributed by atoms with van der Waals surface area (Å²) >= 11 is 0. The summed E-state index contributed by atoms with van der Waals surface area (Å²) in [6.07, 6.45) is 9.49. The van der Waals surface area contributed by atoms with Gasteiger partial charge in [-0.2, -0.15) is 0 Å². The Labute approximate surface area is 69.4 Å². The van der Waals surface area contributed by atoms with Crippen molar-refractivity contribution in [3.05, 3.63) is 34.7 Å². The van der Waals surface area contributed by atoms with Crippen molar-refractivity contribution >= 4 is 7.92 Å². The fourth-order valence-electron chi connectivity index (χ4n) is 1.69. The van der Waals surface area contributed by atoms with Gasteiger partial charge in [0, 0.05) is 0 Å². The van der Waals surface area contributed by atoms with Crippen LogP contribution in [0.2, 0.25) is 0 Å². The molecule has 1 heteroatoms. The first kappa shape index (κ1) is 7.31. The van der Waals surface area contributed by atoms with E-state index in [4.69, 9.17) is 0 Å². The van der Waals surface area contributed by atoms with Crippen molar-refractivity contribution in [1.82, 2.24) is 0 Å². The van der Waals surface area contributed by atoms with Gasteiger partial charge in [0.2, 0.25) is 0 Å². The molecule has 0 aromatic rings. The molecule has 0 bridgehead atoms. The molecule has 0 radical (unpaired) electrons. The van der Waals surface area contributed by atoms with E-state index in [-0.39, 0.29) is 7.92 Å². The van der Waals surface area contributed by atoms with Crippen molar-refractivity contribution in [3.8, 4) is 0 Å². The Morgan fingerprint density at radius 1 is 1.36 bits per heavy atom. The maximum atomic E-state index is 2.31. The van der Waals surface area contributed by atoms with Crippen LogP contribution in [0.1, 0.15) is 13.8 Å². The maximum absolute atomic E-state index is 2.31. The van der Waals surface area contributed by atoms with Crippen LogP contribution in [-0.2, 0) is 0 Å². The summed E-state index contributed by atoms with van der Waals surface area (Å²) in [5.74, 6) is 0. The van der Waals surface area contributed by atoms with Gasteiger partial charge in [0.1, 0.15) is 0 Å². The van der Waals surface area contributed by atoms with Crippen molar-refractivity contribution in [2.75, 3.05) is 12.3 Å². The van der Waals surface area contributed by atoms with Crippen LogP contribution in [-0.4, -0.2) is 12.3 Å². The highest BCUT2D eigenvalue weighted by atomic mass is 31.1. The Morgan fingerprint density at radius 3 is 2.91 bits per heavy atom. The van der Waals surface area contributed by atoms with Crippen LogP contribution in [0, 0.1) is 0 Å². The molecule has 1 unspecified atom stereocenters. The molecule has 0 spiro atoms. The first-order chi connectivity index (χ1) is 5.29. The monoisotopic (exact) mass is 164 g/mol. The standard InChI is InChI=1S/C10H13P/c1-8-7-11-6-4-3-5-10(11)9(8)2/h3-5H,6-7H2,1-2H3. The summed E-state index contributed by atoms with van der Waals surface area (Å²) < 4.78 is 0. The molecule has 11 heavy (non-hydrogen) atoms. The van der Waals surface area contributed by atoms with E-state index in [2.05, 4.69) is 32.1 Å². The highest BCUT2D eigenvalue weighted by molar-refractivity contribution is 7.63. The molecular weight excluding hydrogens is 151 g/mol. The summed E-state index contributed by atoms with van der Waals surface area (Å²) in [6, 6.07) is 0. The lowest BCUT2D eigenvalue weighted by Gasteiger charge is -2.14. The van der Waals surface area contributed by atoms with Gasteiger partial charge in [0.05, 0.1) is 0 Å². The molecule has 0 amide bonds. The zero-order valence-corrected chi connectivity index (χ0v) is 7.99. The molecule has 0 aromatic heterocycles. The van der Waals surface area contributed by atoms with E-state index in [0.29, 0.717) is 0 Å². The van der Waals surface area contributed by atoms with Gasteiger partial charge in [-0.05, 0) is 37.1 Å². The van der Waals surface area contributed by atoms with Gasteiger partial charge in [-0.1, -0.05) is 31.7 Å². The lowest BCUT2D eigenvalue weighted by molar-refractivity contribution is 1.33. The molecule has 0 nitrogen and oxygen atoms in total. The lowest BCUT2D eigenvalue weighted by atomic mass is 10.1. The maximum Gasteiger partial charge on any atom is -0.00680 e. The molecule has 1 atom stereocenters. The van der Waals surface area contributed by atoms with Gasteiger partial charge >= 0.3 is 0 Å². The van der Waals surface area contributed by atoms with Crippen molar-refractivity contribution in [2.24, 2.45) is 0 Å². The summed E-state index contributed by atoms with van der Waals surface area (Å²) in [7, 11) is 0.202. The average Bonchev–Trinajstić information content (AvgIpc) is 2.30. The zero-order chi connectivity index (χ0) is 7.84. The average molecular weight is 164 g/mol. The van der Waals surface area contributed by atoms with Crippen LogP contribution in [0.15, 0.2) is 34.7 Å². The third kappa shape index (κ3) is 1.10. The van der Waals surface area contributed by atoms with Gasteiger partial charge in [-0.15, -0.1) is 0 Å². The first-order valence-electron chi connectivity index (χ1n) is 4.07. The number of hydrogen-bond acceptors (Lipinski definition) is 0. The zero-order valence-electron chi connectivity index (χ0n) is 7.09. The summed E-state index contributed by atoms with van der Waals surface area (Å²) in [5.41, 5.74) is 3.19. The molecular formula is C10H13P. The first-order valence-corrected chi connectivity index (χ1v) is 5.79. The van der Waals surface area contributed by atoms with Gasteiger partial charge in [0.25, 0.3) is 0 Å². The van der Waals surface area contributed by atoms with Gasteiger partial charge in [0.15, 0.2) is 0 Å². The van der Waals surface area contributed by atoms with Crippen LogP contribution in [0.5, 0.6) is 0 Å². The molecule has 0 fully saturated rings. The second-order valence-electron chi connectivity index (χ2n) is 3.27. The van der Waals surface area contributed by atoms with Crippen LogP contribution < -0.4 is 0 Å². The minimum absolute atomic E-state index is 0.202. The van der Waals surface area contributed by atoms with E-state index >= 15 is 0 Å². The number of hydrogen-bond donors (Lipinski definition) is 0. The predicted octanol–water partition coefficient (Wildman–Crippen LogP) is 3.27. The molecule has 58 valence electrons. The number of rotatable bonds is 0. The Kier molecular flexibility index (Phi) is 1.73. The molecule has 2 aliphatic rings. The van der Waals surface area contributed by atoms with Crippen molar-refractivity contribution in [1.29, 1.82) is 0 Å². The second kappa shape index (κ2) is 2.60. The molecule has 2 rings (SSSR count). The Hall–Kier alpha value is -0.350. The Bertz CT molecular complexity index is 269. The highest BCUT2D eigenvalue weighted by Crippen LogP contribution is 2.56. The molecule has 0 saturated heterocycles. The summed E-state index contributed by atoms with van der Waals surface area (Å²) in [4.78, 5) is 0. The fraction of sp³-hybridized carbons (Fsp3) is 0.400. The van der Waals surface area contributed by atoms with E-state index in [0.717, 1.165) is 0 Å². The molecule has 2 aliphatic heterocycles. The number of allylic oxidation sites excluding steroid dienone is 6.